The minimum Gasteiger partial charge on any atom is -0.420 e. The highest BCUT2D eigenvalue weighted by molar-refractivity contribution is 5.95. The maximum atomic E-state index is 12.2. The van der Waals surface area contributed by atoms with Crippen LogP contribution in [0.5, 0.6) is 0 Å². The number of rotatable bonds is 4. The van der Waals surface area contributed by atoms with Gasteiger partial charge in [-0.25, -0.2) is 4.79 Å². The first kappa shape index (κ1) is 13.8. The molecule has 1 heterocycles. The van der Waals surface area contributed by atoms with Crippen LogP contribution >= 0.6 is 0 Å². The molecular formula is C18H18O3. The van der Waals surface area contributed by atoms with Crippen LogP contribution < -0.4 is 0 Å². The summed E-state index contributed by atoms with van der Waals surface area (Å²) >= 11 is 0. The molecule has 1 aliphatic heterocycles. The number of ether oxygens (including phenoxy) is 2. The molecule has 0 amide bonds. The third-order valence-electron chi connectivity index (χ3n) is 3.51. The molecule has 0 bridgehead atoms. The molecule has 0 fully saturated rings. The van der Waals surface area contributed by atoms with Gasteiger partial charge in [0.2, 0.25) is 0 Å². The summed E-state index contributed by atoms with van der Waals surface area (Å²) in [6, 6.07) is 17.0. The molecule has 108 valence electrons. The lowest BCUT2D eigenvalue weighted by atomic mass is 9.95. The molecule has 1 aliphatic rings. The maximum absolute atomic E-state index is 12.2. The average molecular weight is 282 g/mol. The van der Waals surface area contributed by atoms with Gasteiger partial charge in [-0.05, 0) is 12.0 Å². The predicted molar refractivity (Wildman–Crippen MR) is 79.9 cm³/mol. The number of hydrogen-bond donors (Lipinski definition) is 0. The van der Waals surface area contributed by atoms with Crippen LogP contribution in [0.4, 0.5) is 0 Å². The van der Waals surface area contributed by atoms with Gasteiger partial charge in [0.25, 0.3) is 5.79 Å². The zero-order valence-corrected chi connectivity index (χ0v) is 12.2. The summed E-state index contributed by atoms with van der Waals surface area (Å²) in [5.74, 6) is -1.12. The van der Waals surface area contributed by atoms with Crippen LogP contribution in [0.3, 0.4) is 0 Å². The molecule has 0 saturated heterocycles. The Kier molecular flexibility index (Phi) is 3.52. The molecule has 21 heavy (non-hydrogen) atoms. The second-order valence-corrected chi connectivity index (χ2v) is 5.62. The summed E-state index contributed by atoms with van der Waals surface area (Å²) in [6.07, 6.45) is 0. The summed E-state index contributed by atoms with van der Waals surface area (Å²) in [5, 5.41) is 0. The highest BCUT2D eigenvalue weighted by Crippen LogP contribution is 2.43. The Morgan fingerprint density at radius 1 is 1.05 bits per heavy atom. The first-order valence-corrected chi connectivity index (χ1v) is 7.16. The van der Waals surface area contributed by atoms with E-state index in [4.69, 9.17) is 9.47 Å². The van der Waals surface area contributed by atoms with E-state index < -0.39 is 5.79 Å². The van der Waals surface area contributed by atoms with Gasteiger partial charge in [-0.3, -0.25) is 0 Å². The van der Waals surface area contributed by atoms with Crippen molar-refractivity contribution in [1.82, 2.24) is 0 Å². The number of cyclic esters (lactones) is 1. The number of carbonyl (C=O) groups is 1. The first-order valence-electron chi connectivity index (χ1n) is 7.16. The summed E-state index contributed by atoms with van der Waals surface area (Å²) in [6.45, 7) is 4.65. The van der Waals surface area contributed by atoms with Gasteiger partial charge < -0.3 is 9.47 Å². The zero-order valence-electron chi connectivity index (χ0n) is 12.2. The number of benzene rings is 2. The summed E-state index contributed by atoms with van der Waals surface area (Å²) in [5.41, 5.74) is 2.19. The number of hydrogen-bond acceptors (Lipinski definition) is 3. The fourth-order valence-electron chi connectivity index (χ4n) is 2.54. The molecule has 0 radical (unpaired) electrons. The van der Waals surface area contributed by atoms with E-state index in [1.807, 2.05) is 48.5 Å². The molecule has 1 unspecified atom stereocenters. The molecule has 0 aliphatic carbocycles. The average Bonchev–Trinajstić information content (AvgIpc) is 2.80. The van der Waals surface area contributed by atoms with E-state index in [0.29, 0.717) is 18.1 Å². The van der Waals surface area contributed by atoms with E-state index in [9.17, 15) is 4.79 Å². The fraction of sp³-hybridized carbons (Fsp3) is 0.278. The molecule has 0 saturated carbocycles. The van der Waals surface area contributed by atoms with Crippen LogP contribution in [0.25, 0.3) is 0 Å². The van der Waals surface area contributed by atoms with E-state index in [0.717, 1.165) is 11.1 Å². The molecule has 2 aromatic rings. The molecule has 0 spiro atoms. The summed E-state index contributed by atoms with van der Waals surface area (Å²) in [7, 11) is 0. The van der Waals surface area contributed by atoms with Gasteiger partial charge >= 0.3 is 5.97 Å². The van der Waals surface area contributed by atoms with E-state index in [2.05, 4.69) is 13.8 Å². The Labute approximate surface area is 124 Å². The number of esters is 1. The second kappa shape index (κ2) is 5.34. The molecule has 0 aromatic heterocycles. The quantitative estimate of drug-likeness (QED) is 0.802. The maximum Gasteiger partial charge on any atom is 0.341 e. The molecule has 3 heteroatoms. The fourth-order valence-corrected chi connectivity index (χ4v) is 2.54. The van der Waals surface area contributed by atoms with Crippen molar-refractivity contribution in [3.8, 4) is 0 Å². The Morgan fingerprint density at radius 3 is 2.43 bits per heavy atom. The van der Waals surface area contributed by atoms with Gasteiger partial charge in [-0.1, -0.05) is 62.4 Å². The highest BCUT2D eigenvalue weighted by Gasteiger charge is 2.48. The van der Waals surface area contributed by atoms with Gasteiger partial charge in [0.05, 0.1) is 12.2 Å². The van der Waals surface area contributed by atoms with Crippen molar-refractivity contribution in [2.75, 3.05) is 6.61 Å². The van der Waals surface area contributed by atoms with Crippen LogP contribution in [0, 0.1) is 5.92 Å². The van der Waals surface area contributed by atoms with Gasteiger partial charge in [-0.15, -0.1) is 0 Å². The van der Waals surface area contributed by atoms with Crippen LogP contribution in [0.2, 0.25) is 0 Å². The van der Waals surface area contributed by atoms with Crippen molar-refractivity contribution in [2.45, 2.75) is 19.6 Å². The first-order chi connectivity index (χ1) is 10.1. The lowest BCUT2D eigenvalue weighted by molar-refractivity contribution is -0.179. The Bertz CT molecular complexity index is 649. The van der Waals surface area contributed by atoms with Crippen LogP contribution in [-0.2, 0) is 15.3 Å². The molecule has 3 rings (SSSR count). The second-order valence-electron chi connectivity index (χ2n) is 5.62. The largest absolute Gasteiger partial charge is 0.420 e. The van der Waals surface area contributed by atoms with Gasteiger partial charge in [-0.2, -0.15) is 0 Å². The molecule has 2 aromatic carbocycles. The van der Waals surface area contributed by atoms with Crippen molar-refractivity contribution in [2.24, 2.45) is 5.92 Å². The van der Waals surface area contributed by atoms with E-state index in [1.54, 1.807) is 6.07 Å². The normalized spacial score (nSPS) is 20.4. The van der Waals surface area contributed by atoms with Crippen molar-refractivity contribution in [3.63, 3.8) is 0 Å². The SMILES string of the molecule is CC(C)COC1(c2ccccc2)OC(=O)c2ccccc21. The number of fused-ring (bicyclic) bond motifs is 1. The molecule has 0 N–H and O–H groups in total. The smallest absolute Gasteiger partial charge is 0.341 e. The van der Waals surface area contributed by atoms with E-state index in [-0.39, 0.29) is 5.97 Å². The van der Waals surface area contributed by atoms with Crippen molar-refractivity contribution in [3.05, 3.63) is 71.3 Å². The minimum atomic E-state index is -1.13. The van der Waals surface area contributed by atoms with Gasteiger partial charge in [0.1, 0.15) is 0 Å². The van der Waals surface area contributed by atoms with Crippen molar-refractivity contribution in [1.29, 1.82) is 0 Å². The standard InChI is InChI=1S/C18H18O3/c1-13(2)12-20-18(14-8-4-3-5-9-14)16-11-7-6-10-15(16)17(19)21-18/h3-11,13H,12H2,1-2H3. The lowest BCUT2D eigenvalue weighted by Crippen LogP contribution is -2.32. The lowest BCUT2D eigenvalue weighted by Gasteiger charge is -2.30. The topological polar surface area (TPSA) is 35.5 Å². The third-order valence-corrected chi connectivity index (χ3v) is 3.51. The van der Waals surface area contributed by atoms with E-state index >= 15 is 0 Å². The monoisotopic (exact) mass is 282 g/mol. The van der Waals surface area contributed by atoms with Crippen molar-refractivity contribution < 1.29 is 14.3 Å². The number of carbonyl (C=O) groups excluding carboxylic acids is 1. The Hall–Kier alpha value is -2.13. The minimum absolute atomic E-state index is 0.335. The molecule has 1 atom stereocenters. The zero-order chi connectivity index (χ0) is 14.9. The molecule has 3 nitrogen and oxygen atoms in total. The Balaban J connectivity index is 2.13. The van der Waals surface area contributed by atoms with Gasteiger partial charge in [0, 0.05) is 11.1 Å². The summed E-state index contributed by atoms with van der Waals surface area (Å²) < 4.78 is 11.8. The highest BCUT2D eigenvalue weighted by atomic mass is 16.7. The van der Waals surface area contributed by atoms with Crippen LogP contribution in [0.15, 0.2) is 54.6 Å². The van der Waals surface area contributed by atoms with Gasteiger partial charge in [0.15, 0.2) is 0 Å². The van der Waals surface area contributed by atoms with Crippen LogP contribution in [0.1, 0.15) is 35.3 Å². The van der Waals surface area contributed by atoms with Crippen LogP contribution in [-0.4, -0.2) is 12.6 Å². The van der Waals surface area contributed by atoms with E-state index in [1.165, 1.54) is 0 Å². The molecular weight excluding hydrogens is 264 g/mol. The van der Waals surface area contributed by atoms with Crippen molar-refractivity contribution >= 4 is 5.97 Å². The third kappa shape index (κ3) is 2.34. The predicted octanol–water partition coefficient (Wildman–Crippen LogP) is 3.73. The summed E-state index contributed by atoms with van der Waals surface area (Å²) in [4.78, 5) is 12.2. The Morgan fingerprint density at radius 2 is 1.71 bits per heavy atom.